The third-order valence-electron chi connectivity index (χ3n) is 4.86. The lowest BCUT2D eigenvalue weighted by atomic mass is 10.1. The molecule has 0 saturated carbocycles. The van der Waals surface area contributed by atoms with Crippen molar-refractivity contribution in [3.63, 3.8) is 0 Å². The summed E-state index contributed by atoms with van der Waals surface area (Å²) in [5.74, 6) is 0.736. The van der Waals surface area contributed by atoms with Gasteiger partial charge in [0.1, 0.15) is 5.82 Å². The van der Waals surface area contributed by atoms with Crippen LogP contribution in [0.5, 0.6) is 0 Å². The van der Waals surface area contributed by atoms with E-state index in [1.165, 1.54) is 6.07 Å². The first-order valence-corrected chi connectivity index (χ1v) is 9.69. The maximum atomic E-state index is 13.7. The number of carbonyl (C=O) groups excluding carboxylic acids is 1. The van der Waals surface area contributed by atoms with E-state index in [9.17, 15) is 9.18 Å². The molecule has 148 valence electrons. The molecule has 0 spiro atoms. The molecule has 3 rings (SSSR count). The highest BCUT2D eigenvalue weighted by Gasteiger charge is 2.19. The maximum absolute atomic E-state index is 13.7. The topological polar surface area (TPSA) is 56.7 Å². The molecular formula is C22H27FN4O. The van der Waals surface area contributed by atoms with Crippen molar-refractivity contribution >= 4 is 11.9 Å². The van der Waals surface area contributed by atoms with Gasteiger partial charge in [0.05, 0.1) is 0 Å². The minimum Gasteiger partial charge on any atom is -0.356 e. The fraction of sp³-hybridized carbons (Fsp3) is 0.364. The van der Waals surface area contributed by atoms with E-state index in [4.69, 9.17) is 0 Å². The van der Waals surface area contributed by atoms with Crippen molar-refractivity contribution in [3.05, 3.63) is 71.0 Å². The van der Waals surface area contributed by atoms with Crippen molar-refractivity contribution in [2.45, 2.75) is 32.4 Å². The van der Waals surface area contributed by atoms with Crippen LogP contribution in [0.4, 0.5) is 4.39 Å². The second-order valence-electron chi connectivity index (χ2n) is 6.93. The van der Waals surface area contributed by atoms with E-state index >= 15 is 0 Å². The van der Waals surface area contributed by atoms with Gasteiger partial charge in [-0.2, -0.15) is 0 Å². The van der Waals surface area contributed by atoms with Crippen LogP contribution < -0.4 is 10.6 Å². The Morgan fingerprint density at radius 1 is 1.14 bits per heavy atom. The average molecular weight is 382 g/mol. The summed E-state index contributed by atoms with van der Waals surface area (Å²) in [4.78, 5) is 17.9. The van der Waals surface area contributed by atoms with Crippen molar-refractivity contribution in [2.75, 3.05) is 20.1 Å². The number of amides is 1. The number of likely N-dealkylation sites (tertiary alicyclic amines) is 1. The molecule has 0 radical (unpaired) electrons. The van der Waals surface area contributed by atoms with Gasteiger partial charge in [-0.3, -0.25) is 9.79 Å². The number of hydrogen-bond acceptors (Lipinski definition) is 2. The van der Waals surface area contributed by atoms with Gasteiger partial charge in [-0.25, -0.2) is 4.39 Å². The molecule has 0 bridgehead atoms. The molecule has 1 aliphatic heterocycles. The molecule has 1 amide bonds. The zero-order valence-electron chi connectivity index (χ0n) is 16.2. The van der Waals surface area contributed by atoms with Gasteiger partial charge in [-0.1, -0.05) is 42.5 Å². The number of benzene rings is 2. The highest BCUT2D eigenvalue weighted by Crippen LogP contribution is 2.15. The number of nitrogens with one attached hydrogen (secondary N) is 2. The molecule has 1 saturated heterocycles. The first-order valence-electron chi connectivity index (χ1n) is 9.69. The summed E-state index contributed by atoms with van der Waals surface area (Å²) in [7, 11) is 1.72. The summed E-state index contributed by atoms with van der Waals surface area (Å²) < 4.78 is 13.7. The highest BCUT2D eigenvalue weighted by atomic mass is 19.1. The van der Waals surface area contributed by atoms with Crippen molar-refractivity contribution in [1.29, 1.82) is 0 Å². The molecule has 0 aromatic heterocycles. The Balaban J connectivity index is 1.47. The van der Waals surface area contributed by atoms with E-state index < -0.39 is 0 Å². The van der Waals surface area contributed by atoms with Crippen LogP contribution in [0.3, 0.4) is 0 Å². The molecule has 1 heterocycles. The number of carbonyl (C=O) groups is 1. The molecule has 0 unspecified atom stereocenters. The molecule has 28 heavy (non-hydrogen) atoms. The predicted molar refractivity (Wildman–Crippen MR) is 109 cm³/mol. The van der Waals surface area contributed by atoms with E-state index in [0.717, 1.165) is 24.1 Å². The van der Waals surface area contributed by atoms with Gasteiger partial charge >= 0.3 is 0 Å². The lowest BCUT2D eigenvalue weighted by Gasteiger charge is -2.16. The van der Waals surface area contributed by atoms with Crippen molar-refractivity contribution in [3.8, 4) is 0 Å². The van der Waals surface area contributed by atoms with Crippen LogP contribution in [0.25, 0.3) is 0 Å². The van der Waals surface area contributed by atoms with Gasteiger partial charge < -0.3 is 15.5 Å². The summed E-state index contributed by atoms with van der Waals surface area (Å²) in [5, 5.41) is 6.49. The van der Waals surface area contributed by atoms with E-state index in [1.807, 2.05) is 17.0 Å². The smallest absolute Gasteiger partial charge is 0.222 e. The number of aliphatic imine (C=N–C) groups is 1. The Morgan fingerprint density at radius 3 is 2.71 bits per heavy atom. The summed E-state index contributed by atoms with van der Waals surface area (Å²) in [6, 6.07) is 15.0. The van der Waals surface area contributed by atoms with Crippen LogP contribution in [0, 0.1) is 5.82 Å². The minimum atomic E-state index is -0.180. The van der Waals surface area contributed by atoms with Gasteiger partial charge in [0, 0.05) is 39.6 Å². The average Bonchev–Trinajstić information content (AvgIpc) is 3.10. The van der Waals surface area contributed by atoms with Crippen LogP contribution in [-0.2, 0) is 24.3 Å². The van der Waals surface area contributed by atoms with Crippen molar-refractivity contribution in [2.24, 2.45) is 4.99 Å². The monoisotopic (exact) mass is 382 g/mol. The first kappa shape index (κ1) is 19.9. The number of guanidine groups is 1. The van der Waals surface area contributed by atoms with E-state index in [-0.39, 0.29) is 11.7 Å². The molecule has 0 atom stereocenters. The Morgan fingerprint density at radius 2 is 1.96 bits per heavy atom. The predicted octanol–water partition coefficient (Wildman–Crippen LogP) is 2.86. The van der Waals surface area contributed by atoms with E-state index in [0.29, 0.717) is 44.0 Å². The standard InChI is InChI=1S/C22H27FN4O/c1-24-22(25-12-11-19-8-2-3-9-20(19)23)26-15-17-6-4-7-18(14-17)16-27-13-5-10-21(27)28/h2-4,6-9,14H,5,10-13,15-16H2,1H3,(H2,24,25,26). The van der Waals surface area contributed by atoms with Gasteiger partial charge in [-0.15, -0.1) is 0 Å². The molecular weight excluding hydrogens is 355 g/mol. The van der Waals surface area contributed by atoms with Gasteiger partial charge in [0.2, 0.25) is 5.91 Å². The maximum Gasteiger partial charge on any atom is 0.222 e. The van der Waals surface area contributed by atoms with Gasteiger partial charge in [0.15, 0.2) is 5.96 Å². The Bertz CT molecular complexity index is 837. The second kappa shape index (κ2) is 9.88. The van der Waals surface area contributed by atoms with Crippen LogP contribution in [-0.4, -0.2) is 36.9 Å². The number of halogens is 1. The Hall–Kier alpha value is -2.89. The molecule has 2 aromatic carbocycles. The second-order valence-corrected chi connectivity index (χ2v) is 6.93. The van der Waals surface area contributed by atoms with Gasteiger partial charge in [0.25, 0.3) is 0 Å². The summed E-state index contributed by atoms with van der Waals surface area (Å²) in [6.07, 6.45) is 2.21. The molecule has 6 heteroatoms. The normalized spacial score (nSPS) is 14.4. The first-order chi connectivity index (χ1) is 13.7. The van der Waals surface area contributed by atoms with Crippen molar-refractivity contribution in [1.82, 2.24) is 15.5 Å². The third kappa shape index (κ3) is 5.55. The van der Waals surface area contributed by atoms with Crippen molar-refractivity contribution < 1.29 is 9.18 Å². The third-order valence-corrected chi connectivity index (χ3v) is 4.86. The molecule has 1 aliphatic rings. The summed E-state index contributed by atoms with van der Waals surface area (Å²) in [5.41, 5.74) is 2.95. The van der Waals surface area contributed by atoms with E-state index in [2.05, 4.69) is 33.8 Å². The fourth-order valence-electron chi connectivity index (χ4n) is 3.35. The van der Waals surface area contributed by atoms with Gasteiger partial charge in [-0.05, 0) is 35.6 Å². The number of hydrogen-bond donors (Lipinski definition) is 2. The quantitative estimate of drug-likeness (QED) is 0.572. The largest absolute Gasteiger partial charge is 0.356 e. The summed E-state index contributed by atoms with van der Waals surface area (Å²) in [6.45, 7) is 2.74. The molecule has 2 N–H and O–H groups in total. The Labute approximate surface area is 165 Å². The molecule has 1 fully saturated rings. The van der Waals surface area contributed by atoms with E-state index in [1.54, 1.807) is 19.2 Å². The van der Waals surface area contributed by atoms with Crippen LogP contribution in [0.2, 0.25) is 0 Å². The lowest BCUT2D eigenvalue weighted by Crippen LogP contribution is -2.38. The molecule has 0 aliphatic carbocycles. The zero-order valence-corrected chi connectivity index (χ0v) is 16.2. The minimum absolute atomic E-state index is 0.180. The highest BCUT2D eigenvalue weighted by molar-refractivity contribution is 5.79. The fourth-order valence-corrected chi connectivity index (χ4v) is 3.35. The number of nitrogens with zero attached hydrogens (tertiary/aromatic N) is 2. The van der Waals surface area contributed by atoms with Crippen LogP contribution >= 0.6 is 0 Å². The zero-order chi connectivity index (χ0) is 19.8. The Kier molecular flexibility index (Phi) is 7.00. The lowest BCUT2D eigenvalue weighted by molar-refractivity contribution is -0.128. The number of rotatable bonds is 7. The van der Waals surface area contributed by atoms with Crippen LogP contribution in [0.1, 0.15) is 29.5 Å². The molecule has 2 aromatic rings. The molecule has 5 nitrogen and oxygen atoms in total. The summed E-state index contributed by atoms with van der Waals surface area (Å²) >= 11 is 0. The SMILES string of the molecule is CN=C(NCCc1ccccc1F)NCc1cccc(CN2CCCC2=O)c1. The van der Waals surface area contributed by atoms with Crippen LogP contribution in [0.15, 0.2) is 53.5 Å².